The van der Waals surface area contributed by atoms with E-state index in [9.17, 15) is 4.79 Å². The largest absolute Gasteiger partial charge is 0.383 e. The smallest absolute Gasteiger partial charge is 0.196 e. The lowest BCUT2D eigenvalue weighted by molar-refractivity contribution is 0.103. The van der Waals surface area contributed by atoms with Gasteiger partial charge in [0.2, 0.25) is 0 Å². The van der Waals surface area contributed by atoms with Crippen LogP contribution >= 0.6 is 27.5 Å². The monoisotopic (exact) mass is 324 g/mol. The van der Waals surface area contributed by atoms with E-state index in [4.69, 9.17) is 17.3 Å². The second kappa shape index (κ2) is 5.08. The lowest BCUT2D eigenvalue weighted by Crippen LogP contribution is -2.07. The van der Waals surface area contributed by atoms with Crippen LogP contribution in [0.1, 0.15) is 21.5 Å². The zero-order valence-electron chi connectivity index (χ0n) is 9.58. The molecule has 18 heavy (non-hydrogen) atoms. The molecule has 2 aromatic rings. The predicted octanol–water partition coefficient (Wildman–Crippen LogP) is 3.62. The number of aryl methyl sites for hydroxylation is 1. The Morgan fingerprint density at radius 3 is 2.78 bits per heavy atom. The number of carbonyl (C=O) groups excluding carboxylic acids is 1. The average molecular weight is 326 g/mol. The number of halogens is 2. The minimum atomic E-state index is -0.166. The van der Waals surface area contributed by atoms with Gasteiger partial charge in [-0.1, -0.05) is 11.6 Å². The van der Waals surface area contributed by atoms with Crippen molar-refractivity contribution in [3.05, 3.63) is 56.6 Å². The van der Waals surface area contributed by atoms with Gasteiger partial charge in [0.25, 0.3) is 0 Å². The molecule has 0 saturated carbocycles. The molecular formula is C13H10BrClN2O. The van der Waals surface area contributed by atoms with E-state index < -0.39 is 0 Å². The molecular weight excluding hydrogens is 316 g/mol. The van der Waals surface area contributed by atoms with E-state index in [0.717, 1.165) is 5.56 Å². The van der Waals surface area contributed by atoms with Gasteiger partial charge in [-0.3, -0.25) is 4.79 Å². The first kappa shape index (κ1) is 13.1. The molecule has 0 aliphatic carbocycles. The molecule has 0 spiro atoms. The standard InChI is InChI=1S/C13H10BrClN2O/c1-7-4-9(13(16)17-6-7)12(18)8-2-3-11(15)10(14)5-8/h2-6H,1H3,(H2,16,17). The Morgan fingerprint density at radius 1 is 1.39 bits per heavy atom. The summed E-state index contributed by atoms with van der Waals surface area (Å²) in [5.74, 6) is 0.0674. The lowest BCUT2D eigenvalue weighted by atomic mass is 10.0. The summed E-state index contributed by atoms with van der Waals surface area (Å²) >= 11 is 9.18. The Balaban J connectivity index is 2.47. The van der Waals surface area contributed by atoms with Crippen LogP contribution in [0.25, 0.3) is 0 Å². The molecule has 0 saturated heterocycles. The highest BCUT2D eigenvalue weighted by atomic mass is 79.9. The second-order valence-electron chi connectivity index (χ2n) is 3.90. The molecule has 2 rings (SSSR count). The molecule has 0 unspecified atom stereocenters. The number of benzene rings is 1. The first-order chi connectivity index (χ1) is 8.49. The number of nitrogens with two attached hydrogens (primary N) is 1. The number of ketones is 1. The van der Waals surface area contributed by atoms with Crippen molar-refractivity contribution in [2.24, 2.45) is 0 Å². The molecule has 0 aliphatic heterocycles. The number of hydrogen-bond donors (Lipinski definition) is 1. The summed E-state index contributed by atoms with van der Waals surface area (Å²) in [6.45, 7) is 1.86. The Bertz CT molecular complexity index is 628. The summed E-state index contributed by atoms with van der Waals surface area (Å²) in [6.07, 6.45) is 1.63. The van der Waals surface area contributed by atoms with Gasteiger partial charge in [-0.2, -0.15) is 0 Å². The van der Waals surface area contributed by atoms with Crippen molar-refractivity contribution in [2.45, 2.75) is 6.92 Å². The van der Waals surface area contributed by atoms with Gasteiger partial charge in [0.1, 0.15) is 5.82 Å². The quantitative estimate of drug-likeness (QED) is 0.858. The molecule has 0 amide bonds. The maximum atomic E-state index is 12.3. The Hall–Kier alpha value is -1.39. The number of nitrogen functional groups attached to an aromatic ring is 1. The molecule has 0 bridgehead atoms. The van der Waals surface area contributed by atoms with Gasteiger partial charge < -0.3 is 5.73 Å². The van der Waals surface area contributed by atoms with E-state index in [1.54, 1.807) is 30.5 Å². The van der Waals surface area contributed by atoms with Gasteiger partial charge in [-0.15, -0.1) is 0 Å². The molecule has 1 aromatic heterocycles. The maximum Gasteiger partial charge on any atom is 0.196 e. The van der Waals surface area contributed by atoms with E-state index in [1.807, 2.05) is 6.92 Å². The zero-order chi connectivity index (χ0) is 13.3. The zero-order valence-corrected chi connectivity index (χ0v) is 11.9. The van der Waals surface area contributed by atoms with E-state index in [0.29, 0.717) is 20.6 Å². The van der Waals surface area contributed by atoms with Crippen LogP contribution in [-0.4, -0.2) is 10.8 Å². The third-order valence-electron chi connectivity index (χ3n) is 2.48. The Labute approximate surface area is 118 Å². The van der Waals surface area contributed by atoms with Gasteiger partial charge in [0.05, 0.1) is 10.6 Å². The number of hydrogen-bond acceptors (Lipinski definition) is 3. The van der Waals surface area contributed by atoms with Gasteiger partial charge in [0.15, 0.2) is 5.78 Å². The summed E-state index contributed by atoms with van der Waals surface area (Å²) in [4.78, 5) is 16.3. The summed E-state index contributed by atoms with van der Waals surface area (Å²) in [5, 5.41) is 0.557. The number of rotatable bonds is 2. The lowest BCUT2D eigenvalue weighted by Gasteiger charge is -2.06. The minimum Gasteiger partial charge on any atom is -0.383 e. The fraction of sp³-hybridized carbons (Fsp3) is 0.0769. The number of carbonyl (C=O) groups is 1. The van der Waals surface area contributed by atoms with Crippen LogP contribution in [0.3, 0.4) is 0 Å². The molecule has 92 valence electrons. The van der Waals surface area contributed by atoms with E-state index in [-0.39, 0.29) is 11.6 Å². The van der Waals surface area contributed by atoms with E-state index >= 15 is 0 Å². The molecule has 0 radical (unpaired) electrons. The highest BCUT2D eigenvalue weighted by Crippen LogP contribution is 2.25. The maximum absolute atomic E-state index is 12.3. The number of pyridine rings is 1. The first-order valence-electron chi connectivity index (χ1n) is 5.21. The molecule has 0 fully saturated rings. The van der Waals surface area contributed by atoms with Crippen molar-refractivity contribution in [1.29, 1.82) is 0 Å². The summed E-state index contributed by atoms with van der Waals surface area (Å²) < 4.78 is 0.675. The molecule has 1 heterocycles. The third kappa shape index (κ3) is 2.54. The van der Waals surface area contributed by atoms with Crippen molar-refractivity contribution in [2.75, 3.05) is 5.73 Å². The molecule has 1 aromatic carbocycles. The third-order valence-corrected chi connectivity index (χ3v) is 3.70. The Kier molecular flexibility index (Phi) is 3.68. The van der Waals surface area contributed by atoms with Crippen LogP contribution in [0.2, 0.25) is 5.02 Å². The van der Waals surface area contributed by atoms with Crippen molar-refractivity contribution in [3.63, 3.8) is 0 Å². The molecule has 5 heteroatoms. The van der Waals surface area contributed by atoms with Crippen molar-refractivity contribution in [1.82, 2.24) is 4.98 Å². The second-order valence-corrected chi connectivity index (χ2v) is 5.17. The average Bonchev–Trinajstić information content (AvgIpc) is 2.35. The van der Waals surface area contributed by atoms with Crippen LogP contribution in [0, 0.1) is 6.92 Å². The fourth-order valence-electron chi connectivity index (χ4n) is 1.55. The van der Waals surface area contributed by atoms with Crippen LogP contribution in [0.4, 0.5) is 5.82 Å². The predicted molar refractivity (Wildman–Crippen MR) is 76.0 cm³/mol. The normalized spacial score (nSPS) is 10.4. The van der Waals surface area contributed by atoms with Crippen LogP contribution in [0.15, 0.2) is 34.9 Å². The topological polar surface area (TPSA) is 56.0 Å². The number of aromatic nitrogens is 1. The molecule has 2 N–H and O–H groups in total. The summed E-state index contributed by atoms with van der Waals surface area (Å²) in [7, 11) is 0. The van der Waals surface area contributed by atoms with Crippen LogP contribution in [-0.2, 0) is 0 Å². The van der Waals surface area contributed by atoms with Crippen LogP contribution in [0.5, 0.6) is 0 Å². The van der Waals surface area contributed by atoms with Crippen molar-refractivity contribution >= 4 is 39.1 Å². The molecule has 0 aliphatic rings. The number of nitrogens with zero attached hydrogens (tertiary/aromatic N) is 1. The van der Waals surface area contributed by atoms with Crippen molar-refractivity contribution in [3.8, 4) is 0 Å². The highest BCUT2D eigenvalue weighted by Gasteiger charge is 2.14. The van der Waals surface area contributed by atoms with Gasteiger partial charge in [-0.25, -0.2) is 4.98 Å². The highest BCUT2D eigenvalue weighted by molar-refractivity contribution is 9.10. The van der Waals surface area contributed by atoms with Gasteiger partial charge in [-0.05, 0) is 52.7 Å². The SMILES string of the molecule is Cc1cnc(N)c(C(=O)c2ccc(Cl)c(Br)c2)c1. The Morgan fingerprint density at radius 2 is 2.11 bits per heavy atom. The first-order valence-corrected chi connectivity index (χ1v) is 6.38. The van der Waals surface area contributed by atoms with Crippen molar-refractivity contribution < 1.29 is 4.79 Å². The summed E-state index contributed by atoms with van der Waals surface area (Å²) in [6, 6.07) is 6.73. The minimum absolute atomic E-state index is 0.166. The van der Waals surface area contributed by atoms with E-state index in [2.05, 4.69) is 20.9 Å². The number of anilines is 1. The summed E-state index contributed by atoms with van der Waals surface area (Å²) in [5.41, 5.74) is 7.54. The van der Waals surface area contributed by atoms with Gasteiger partial charge in [0, 0.05) is 16.2 Å². The van der Waals surface area contributed by atoms with Crippen LogP contribution < -0.4 is 5.73 Å². The molecule has 0 atom stereocenters. The van der Waals surface area contributed by atoms with E-state index in [1.165, 1.54) is 0 Å². The molecule has 3 nitrogen and oxygen atoms in total. The fourth-order valence-corrected chi connectivity index (χ4v) is 2.05. The van der Waals surface area contributed by atoms with Gasteiger partial charge >= 0.3 is 0 Å².